The van der Waals surface area contributed by atoms with Crippen LogP contribution < -0.4 is 0 Å². The molecule has 3 nitrogen and oxygen atoms in total. The van der Waals surface area contributed by atoms with Crippen molar-refractivity contribution in [3.8, 4) is 0 Å². The molecule has 0 bridgehead atoms. The summed E-state index contributed by atoms with van der Waals surface area (Å²) in [4.78, 5) is 0. The Kier molecular flexibility index (Phi) is 2.45. The fourth-order valence-corrected chi connectivity index (χ4v) is 1.55. The minimum absolute atomic E-state index is 0.141. The van der Waals surface area contributed by atoms with Gasteiger partial charge in [-0.05, 0) is 31.4 Å². The van der Waals surface area contributed by atoms with Crippen molar-refractivity contribution < 1.29 is 4.74 Å². The van der Waals surface area contributed by atoms with Crippen molar-refractivity contribution in [2.75, 3.05) is 6.61 Å². The monoisotopic (exact) mass is 178 g/mol. The van der Waals surface area contributed by atoms with Crippen molar-refractivity contribution in [3.05, 3.63) is 24.5 Å². The molecule has 0 N–H and O–H groups in total. The summed E-state index contributed by atoms with van der Waals surface area (Å²) in [5, 5.41) is 4.33. The molecule has 2 rings (SSSR count). The van der Waals surface area contributed by atoms with Crippen LogP contribution in [0.3, 0.4) is 0 Å². The second-order valence-corrected chi connectivity index (χ2v) is 3.25. The average Bonchev–Trinajstić information content (AvgIpc) is 2.67. The number of hydrogen-bond donors (Lipinski definition) is 0. The molecular formula is C10H14N2O. The Labute approximate surface area is 78.0 Å². The van der Waals surface area contributed by atoms with E-state index >= 15 is 0 Å². The molecule has 1 aliphatic heterocycles. The third kappa shape index (κ3) is 1.80. The van der Waals surface area contributed by atoms with Crippen molar-refractivity contribution in [1.82, 2.24) is 9.78 Å². The number of nitrogens with zero attached hydrogens (tertiary/aromatic N) is 2. The van der Waals surface area contributed by atoms with E-state index in [1.54, 1.807) is 6.08 Å². The zero-order chi connectivity index (χ0) is 9.10. The van der Waals surface area contributed by atoms with Gasteiger partial charge < -0.3 is 4.74 Å². The molecule has 3 heteroatoms. The van der Waals surface area contributed by atoms with Crippen LogP contribution >= 0.6 is 0 Å². The Bertz CT molecular complexity index is 287. The van der Waals surface area contributed by atoms with E-state index in [-0.39, 0.29) is 6.23 Å². The molecule has 0 amide bonds. The second kappa shape index (κ2) is 3.75. The standard InChI is InChI=1S/C10H14N2O/c1-2-9-6-7-12(11-9)10-5-3-4-8-13-10/h2,6-7,10H,1,3-5,8H2. The summed E-state index contributed by atoms with van der Waals surface area (Å²) >= 11 is 0. The van der Waals surface area contributed by atoms with Gasteiger partial charge in [-0.3, -0.25) is 0 Å². The lowest BCUT2D eigenvalue weighted by Crippen LogP contribution is -2.18. The molecule has 1 atom stereocenters. The first-order valence-electron chi connectivity index (χ1n) is 4.69. The van der Waals surface area contributed by atoms with Crippen molar-refractivity contribution in [3.63, 3.8) is 0 Å². The Morgan fingerprint density at radius 3 is 3.15 bits per heavy atom. The summed E-state index contributed by atoms with van der Waals surface area (Å²) in [6, 6.07) is 1.95. The first-order valence-corrected chi connectivity index (χ1v) is 4.69. The molecule has 1 aromatic heterocycles. The highest BCUT2D eigenvalue weighted by molar-refractivity contribution is 5.39. The van der Waals surface area contributed by atoms with Gasteiger partial charge >= 0.3 is 0 Å². The van der Waals surface area contributed by atoms with Gasteiger partial charge in [-0.2, -0.15) is 5.10 Å². The highest BCUT2D eigenvalue weighted by atomic mass is 16.5. The van der Waals surface area contributed by atoms with Crippen molar-refractivity contribution >= 4 is 6.08 Å². The maximum absolute atomic E-state index is 5.59. The average molecular weight is 178 g/mol. The summed E-state index contributed by atoms with van der Waals surface area (Å²) in [5.41, 5.74) is 0.911. The number of ether oxygens (including phenoxy) is 1. The van der Waals surface area contributed by atoms with Gasteiger partial charge in [0.1, 0.15) is 6.23 Å². The molecule has 1 aromatic rings. The molecule has 1 aliphatic rings. The van der Waals surface area contributed by atoms with E-state index in [2.05, 4.69) is 11.7 Å². The molecule has 0 aromatic carbocycles. The predicted octanol–water partition coefficient (Wildman–Crippen LogP) is 2.23. The van der Waals surface area contributed by atoms with Crippen molar-refractivity contribution in [2.24, 2.45) is 0 Å². The zero-order valence-corrected chi connectivity index (χ0v) is 7.65. The van der Waals surface area contributed by atoms with Gasteiger partial charge in [0.05, 0.1) is 5.69 Å². The Morgan fingerprint density at radius 1 is 1.62 bits per heavy atom. The summed E-state index contributed by atoms with van der Waals surface area (Å²) in [6.45, 7) is 4.53. The summed E-state index contributed by atoms with van der Waals surface area (Å²) < 4.78 is 7.47. The molecule has 2 heterocycles. The lowest BCUT2D eigenvalue weighted by atomic mass is 10.2. The van der Waals surface area contributed by atoms with Crippen LogP contribution in [0, 0.1) is 0 Å². The molecular weight excluding hydrogens is 164 g/mol. The van der Waals surface area contributed by atoms with Gasteiger partial charge in [-0.15, -0.1) is 0 Å². The van der Waals surface area contributed by atoms with E-state index in [4.69, 9.17) is 4.74 Å². The largest absolute Gasteiger partial charge is 0.357 e. The van der Waals surface area contributed by atoms with Gasteiger partial charge in [0.15, 0.2) is 0 Å². The first kappa shape index (κ1) is 8.51. The highest BCUT2D eigenvalue weighted by Crippen LogP contribution is 2.21. The van der Waals surface area contributed by atoms with E-state index in [1.165, 1.54) is 12.8 Å². The third-order valence-electron chi connectivity index (χ3n) is 2.29. The molecule has 0 radical (unpaired) electrons. The molecule has 70 valence electrons. The Balaban J connectivity index is 2.09. The van der Waals surface area contributed by atoms with Crippen LogP contribution in [0.5, 0.6) is 0 Å². The van der Waals surface area contributed by atoms with E-state index in [0.29, 0.717) is 0 Å². The van der Waals surface area contributed by atoms with Gasteiger partial charge in [-0.1, -0.05) is 6.58 Å². The Morgan fingerprint density at radius 2 is 2.54 bits per heavy atom. The van der Waals surface area contributed by atoms with Crippen LogP contribution in [-0.2, 0) is 4.74 Å². The zero-order valence-electron chi connectivity index (χ0n) is 7.65. The molecule has 1 unspecified atom stereocenters. The summed E-state index contributed by atoms with van der Waals surface area (Å²) in [5.74, 6) is 0. The second-order valence-electron chi connectivity index (χ2n) is 3.25. The van der Waals surface area contributed by atoms with Gasteiger partial charge in [0.2, 0.25) is 0 Å². The Hall–Kier alpha value is -1.09. The molecule has 0 spiro atoms. The predicted molar refractivity (Wildman–Crippen MR) is 51.2 cm³/mol. The van der Waals surface area contributed by atoms with Crippen LogP contribution in [-0.4, -0.2) is 16.4 Å². The van der Waals surface area contributed by atoms with Gasteiger partial charge in [0, 0.05) is 12.8 Å². The lowest BCUT2D eigenvalue weighted by molar-refractivity contribution is -0.0395. The molecule has 1 saturated heterocycles. The van der Waals surface area contributed by atoms with Crippen LogP contribution in [0.25, 0.3) is 6.08 Å². The number of hydrogen-bond acceptors (Lipinski definition) is 2. The minimum atomic E-state index is 0.141. The van der Waals surface area contributed by atoms with E-state index < -0.39 is 0 Å². The van der Waals surface area contributed by atoms with Crippen molar-refractivity contribution in [2.45, 2.75) is 25.5 Å². The van der Waals surface area contributed by atoms with Gasteiger partial charge in [0.25, 0.3) is 0 Å². The third-order valence-corrected chi connectivity index (χ3v) is 2.29. The maximum Gasteiger partial charge on any atom is 0.150 e. The molecule has 0 aliphatic carbocycles. The quantitative estimate of drug-likeness (QED) is 0.694. The van der Waals surface area contributed by atoms with E-state index in [9.17, 15) is 0 Å². The topological polar surface area (TPSA) is 27.1 Å². The highest BCUT2D eigenvalue weighted by Gasteiger charge is 2.15. The number of aromatic nitrogens is 2. The number of rotatable bonds is 2. The summed E-state index contributed by atoms with van der Waals surface area (Å²) in [7, 11) is 0. The smallest absolute Gasteiger partial charge is 0.150 e. The fraction of sp³-hybridized carbons (Fsp3) is 0.500. The van der Waals surface area contributed by atoms with Crippen LogP contribution in [0.1, 0.15) is 31.2 Å². The fourth-order valence-electron chi connectivity index (χ4n) is 1.55. The maximum atomic E-state index is 5.59. The van der Waals surface area contributed by atoms with Crippen LogP contribution in [0.4, 0.5) is 0 Å². The minimum Gasteiger partial charge on any atom is -0.357 e. The lowest BCUT2D eigenvalue weighted by Gasteiger charge is -2.22. The van der Waals surface area contributed by atoms with E-state index in [1.807, 2.05) is 16.9 Å². The van der Waals surface area contributed by atoms with Gasteiger partial charge in [-0.25, -0.2) is 4.68 Å². The molecule has 0 saturated carbocycles. The first-order chi connectivity index (χ1) is 6.40. The van der Waals surface area contributed by atoms with Crippen LogP contribution in [0.15, 0.2) is 18.8 Å². The molecule has 13 heavy (non-hydrogen) atoms. The van der Waals surface area contributed by atoms with Crippen molar-refractivity contribution in [1.29, 1.82) is 0 Å². The van der Waals surface area contributed by atoms with Crippen LogP contribution in [0.2, 0.25) is 0 Å². The molecule has 1 fully saturated rings. The normalized spacial score (nSPS) is 22.9. The summed E-state index contributed by atoms with van der Waals surface area (Å²) in [6.07, 6.45) is 7.31. The SMILES string of the molecule is C=Cc1ccn(C2CCCCO2)n1. The van der Waals surface area contributed by atoms with E-state index in [0.717, 1.165) is 18.7 Å².